The Balaban J connectivity index is 1.13. The average molecular weight is 585 g/mol. The maximum absolute atomic E-state index is 13.3. The molecule has 8 nitrogen and oxygen atoms in total. The van der Waals surface area contributed by atoms with Gasteiger partial charge < -0.3 is 19.4 Å². The van der Waals surface area contributed by atoms with Crippen molar-refractivity contribution in [2.45, 2.75) is 80.9 Å². The normalized spacial score (nSPS) is 23.3. The first-order valence-electron chi connectivity index (χ1n) is 15.9. The highest BCUT2D eigenvalue weighted by atomic mass is 32.2. The number of hydrogen-bond donors (Lipinski definition) is 1. The van der Waals surface area contributed by atoms with E-state index in [1.807, 2.05) is 19.4 Å². The number of carbonyl (C=O) groups excluding carboxylic acids is 1. The number of likely N-dealkylation sites (N-methyl/N-ethyl adjacent to an activating group) is 1. The van der Waals surface area contributed by atoms with Gasteiger partial charge in [0.1, 0.15) is 11.0 Å². The van der Waals surface area contributed by atoms with Crippen LogP contribution in [0.5, 0.6) is 0 Å². The lowest BCUT2D eigenvalue weighted by Gasteiger charge is -2.41. The third-order valence-electron chi connectivity index (χ3n) is 10.5. The molecular formula is C33H40N6O2S. The minimum absolute atomic E-state index is 0.201. The molecule has 1 atom stereocenters. The predicted octanol–water partition coefficient (Wildman–Crippen LogP) is 5.39. The van der Waals surface area contributed by atoms with Crippen LogP contribution in [0.25, 0.3) is 22.0 Å². The van der Waals surface area contributed by atoms with Crippen LogP contribution in [0.4, 0.5) is 17.2 Å². The number of pyridine rings is 2. The number of likely N-dealkylation sites (tertiary alicyclic amines) is 1. The van der Waals surface area contributed by atoms with Gasteiger partial charge in [-0.15, -0.1) is 0 Å². The van der Waals surface area contributed by atoms with E-state index >= 15 is 0 Å². The first-order chi connectivity index (χ1) is 20.5. The number of piperidine rings is 2. The van der Waals surface area contributed by atoms with E-state index in [1.54, 1.807) is 4.90 Å². The standard InChI is InChI=1S/C33H40N6O2S/c1-37-29-21-34-27-9-6-22(18-26(27)30(29)33(32(37)40)12-5-13-33)23-19-28(36-42(41)25-7-8-25)31(35-20-23)39-16-10-24(11-17-39)38-14-3-2-4-15-38/h6,9,18-21,24-25,36H,2-5,7-8,10-17H2,1H3. The van der Waals surface area contributed by atoms with Gasteiger partial charge in [0, 0.05) is 48.9 Å². The maximum Gasteiger partial charge on any atom is 0.237 e. The van der Waals surface area contributed by atoms with Gasteiger partial charge in [0.2, 0.25) is 5.91 Å². The van der Waals surface area contributed by atoms with Gasteiger partial charge in [0.05, 0.1) is 33.8 Å². The zero-order chi connectivity index (χ0) is 28.4. The summed E-state index contributed by atoms with van der Waals surface area (Å²) >= 11 is 0. The van der Waals surface area contributed by atoms with Gasteiger partial charge in [-0.25, -0.2) is 9.19 Å². The largest absolute Gasteiger partial charge is 0.355 e. The number of hydrogen-bond acceptors (Lipinski definition) is 6. The van der Waals surface area contributed by atoms with E-state index in [0.717, 1.165) is 103 Å². The molecule has 8 rings (SSSR count). The Kier molecular flexibility index (Phi) is 6.52. The van der Waals surface area contributed by atoms with Crippen molar-refractivity contribution in [2.24, 2.45) is 0 Å². The molecule has 220 valence electrons. The number of fused-ring (bicyclic) bond motifs is 4. The highest BCUT2D eigenvalue weighted by Gasteiger charge is 2.54. The Morgan fingerprint density at radius 2 is 1.69 bits per heavy atom. The third kappa shape index (κ3) is 4.34. The highest BCUT2D eigenvalue weighted by molar-refractivity contribution is 7.87. The van der Waals surface area contributed by atoms with Crippen molar-refractivity contribution < 1.29 is 9.00 Å². The fourth-order valence-corrected chi connectivity index (χ4v) is 8.89. The van der Waals surface area contributed by atoms with Crippen LogP contribution in [-0.4, -0.2) is 69.5 Å². The number of nitrogens with one attached hydrogen (secondary N) is 1. The molecule has 1 unspecified atom stereocenters. The Morgan fingerprint density at radius 3 is 2.40 bits per heavy atom. The minimum Gasteiger partial charge on any atom is -0.355 e. The molecule has 5 heterocycles. The second kappa shape index (κ2) is 10.3. The van der Waals surface area contributed by atoms with Crippen molar-refractivity contribution in [3.05, 3.63) is 42.2 Å². The molecule has 9 heteroatoms. The molecule has 2 aromatic heterocycles. The van der Waals surface area contributed by atoms with Crippen LogP contribution in [0.1, 0.15) is 69.8 Å². The van der Waals surface area contributed by atoms with Gasteiger partial charge in [-0.3, -0.25) is 9.78 Å². The zero-order valence-electron chi connectivity index (χ0n) is 24.5. The number of carbonyl (C=O) groups is 1. The Hall–Kier alpha value is -3.04. The summed E-state index contributed by atoms with van der Waals surface area (Å²) in [4.78, 5) is 29.9. The van der Waals surface area contributed by atoms with Crippen LogP contribution < -0.4 is 14.5 Å². The van der Waals surface area contributed by atoms with E-state index in [0.29, 0.717) is 6.04 Å². The zero-order valence-corrected chi connectivity index (χ0v) is 25.3. The molecule has 2 saturated carbocycles. The summed E-state index contributed by atoms with van der Waals surface area (Å²) in [6, 6.07) is 9.15. The second-order valence-electron chi connectivity index (χ2n) is 13.1. The van der Waals surface area contributed by atoms with Gasteiger partial charge in [0.15, 0.2) is 5.82 Å². The second-order valence-corrected chi connectivity index (χ2v) is 14.5. The smallest absolute Gasteiger partial charge is 0.237 e. The number of aromatic nitrogens is 2. The van der Waals surface area contributed by atoms with Crippen molar-refractivity contribution in [2.75, 3.05) is 47.7 Å². The Morgan fingerprint density at radius 1 is 0.905 bits per heavy atom. The molecule has 1 spiro atoms. The summed E-state index contributed by atoms with van der Waals surface area (Å²) in [6.45, 7) is 4.41. The molecule has 1 aromatic carbocycles. The summed E-state index contributed by atoms with van der Waals surface area (Å²) in [5.74, 6) is 1.11. The lowest BCUT2D eigenvalue weighted by Crippen LogP contribution is -2.47. The summed E-state index contributed by atoms with van der Waals surface area (Å²) in [7, 11) is 0.763. The summed E-state index contributed by atoms with van der Waals surface area (Å²) in [6.07, 6.45) is 15.0. The molecule has 0 radical (unpaired) electrons. The van der Waals surface area contributed by atoms with E-state index in [2.05, 4.69) is 38.8 Å². The number of benzene rings is 1. The van der Waals surface area contributed by atoms with Crippen molar-refractivity contribution in [3.8, 4) is 11.1 Å². The number of amides is 1. The number of rotatable bonds is 6. The lowest BCUT2D eigenvalue weighted by molar-refractivity contribution is -0.125. The molecule has 0 bridgehead atoms. The molecule has 2 saturated heterocycles. The van der Waals surface area contributed by atoms with E-state index in [9.17, 15) is 9.00 Å². The van der Waals surface area contributed by atoms with Crippen LogP contribution in [0.15, 0.2) is 36.7 Å². The van der Waals surface area contributed by atoms with E-state index < -0.39 is 16.4 Å². The molecular weight excluding hydrogens is 544 g/mol. The molecule has 3 aliphatic heterocycles. The van der Waals surface area contributed by atoms with Gasteiger partial charge in [-0.05, 0) is 88.2 Å². The van der Waals surface area contributed by atoms with Crippen molar-refractivity contribution >= 4 is 45.0 Å². The first kappa shape index (κ1) is 26.6. The summed E-state index contributed by atoms with van der Waals surface area (Å²) in [5, 5.41) is 1.29. The monoisotopic (exact) mass is 584 g/mol. The molecule has 5 aliphatic rings. The summed E-state index contributed by atoms with van der Waals surface area (Å²) < 4.78 is 16.5. The number of nitrogens with zero attached hydrogens (tertiary/aromatic N) is 5. The summed E-state index contributed by atoms with van der Waals surface area (Å²) in [5.41, 5.74) is 5.47. The molecule has 2 aliphatic carbocycles. The van der Waals surface area contributed by atoms with Gasteiger partial charge >= 0.3 is 0 Å². The molecule has 3 aromatic rings. The van der Waals surface area contributed by atoms with Gasteiger partial charge in [-0.1, -0.05) is 18.9 Å². The molecule has 1 N–H and O–H groups in total. The van der Waals surface area contributed by atoms with Crippen LogP contribution in [-0.2, 0) is 21.2 Å². The average Bonchev–Trinajstić information content (AvgIpc) is 3.83. The predicted molar refractivity (Wildman–Crippen MR) is 169 cm³/mol. The Bertz CT molecular complexity index is 1570. The highest BCUT2D eigenvalue weighted by Crippen LogP contribution is 2.55. The molecule has 1 amide bonds. The van der Waals surface area contributed by atoms with E-state index in [4.69, 9.17) is 9.97 Å². The lowest BCUT2D eigenvalue weighted by atomic mass is 9.64. The van der Waals surface area contributed by atoms with Gasteiger partial charge in [0.25, 0.3) is 0 Å². The van der Waals surface area contributed by atoms with Crippen molar-refractivity contribution in [1.29, 1.82) is 0 Å². The topological polar surface area (TPSA) is 81.7 Å². The van der Waals surface area contributed by atoms with E-state index in [-0.39, 0.29) is 11.2 Å². The quantitative estimate of drug-likeness (QED) is 0.419. The number of anilines is 3. The Labute approximate surface area is 250 Å². The van der Waals surface area contributed by atoms with Crippen LogP contribution in [0.3, 0.4) is 0 Å². The van der Waals surface area contributed by atoms with Crippen LogP contribution in [0.2, 0.25) is 0 Å². The maximum atomic E-state index is 13.3. The SMILES string of the molecule is CN1C(=O)C2(CCC2)c2c1cnc1ccc(-c3cnc(N4CCC(N5CCCCC5)CC4)c(NS(=O)C4CC4)c3)cc21. The first-order valence-corrected chi connectivity index (χ1v) is 17.1. The van der Waals surface area contributed by atoms with Crippen molar-refractivity contribution in [3.63, 3.8) is 0 Å². The van der Waals surface area contributed by atoms with Crippen LogP contribution in [0, 0.1) is 0 Å². The van der Waals surface area contributed by atoms with E-state index in [1.165, 1.54) is 32.4 Å². The fourth-order valence-electron chi connectivity index (χ4n) is 7.79. The van der Waals surface area contributed by atoms with Gasteiger partial charge in [-0.2, -0.15) is 0 Å². The minimum atomic E-state index is -1.11. The van der Waals surface area contributed by atoms with Crippen LogP contribution >= 0.6 is 0 Å². The molecule has 42 heavy (non-hydrogen) atoms. The molecule has 4 fully saturated rings. The van der Waals surface area contributed by atoms with Crippen molar-refractivity contribution in [1.82, 2.24) is 14.9 Å². The fraction of sp³-hybridized carbons (Fsp3) is 0.545. The third-order valence-corrected chi connectivity index (χ3v) is 12.0.